The second-order valence-electron chi connectivity index (χ2n) is 6.70. The first-order chi connectivity index (χ1) is 12.2. The summed E-state index contributed by atoms with van der Waals surface area (Å²) in [6.07, 6.45) is 9.97. The third kappa shape index (κ3) is 3.26. The van der Waals surface area contributed by atoms with Crippen LogP contribution in [0.3, 0.4) is 0 Å². The van der Waals surface area contributed by atoms with E-state index in [0.29, 0.717) is 17.2 Å². The summed E-state index contributed by atoms with van der Waals surface area (Å²) in [5.74, 6) is 0.668. The predicted molar refractivity (Wildman–Crippen MR) is 90.9 cm³/mol. The SMILES string of the molecule is O=C(NNC(=O)c1cn2c(n1)CCCC2)c1ccc(C2CCC2)nc1. The summed E-state index contributed by atoms with van der Waals surface area (Å²) >= 11 is 0. The molecule has 0 spiro atoms. The zero-order valence-corrected chi connectivity index (χ0v) is 14.0. The third-order valence-electron chi connectivity index (χ3n) is 5.00. The summed E-state index contributed by atoms with van der Waals surface area (Å²) < 4.78 is 2.00. The van der Waals surface area contributed by atoms with Gasteiger partial charge in [-0.2, -0.15) is 0 Å². The number of carbonyl (C=O) groups is 2. The van der Waals surface area contributed by atoms with E-state index in [1.165, 1.54) is 19.3 Å². The van der Waals surface area contributed by atoms with Crippen LogP contribution >= 0.6 is 0 Å². The number of hydrogen-bond donors (Lipinski definition) is 2. The first-order valence-corrected chi connectivity index (χ1v) is 8.83. The highest BCUT2D eigenvalue weighted by Crippen LogP contribution is 2.34. The van der Waals surface area contributed by atoms with Crippen LogP contribution in [0.5, 0.6) is 0 Å². The zero-order valence-electron chi connectivity index (χ0n) is 14.0. The van der Waals surface area contributed by atoms with Gasteiger partial charge in [-0.1, -0.05) is 6.42 Å². The van der Waals surface area contributed by atoms with Crippen molar-refractivity contribution in [3.63, 3.8) is 0 Å². The Bertz CT molecular complexity index is 769. The van der Waals surface area contributed by atoms with Crippen molar-refractivity contribution in [2.24, 2.45) is 0 Å². The predicted octanol–water partition coefficient (Wildman–Crippen LogP) is 1.96. The molecule has 25 heavy (non-hydrogen) atoms. The van der Waals surface area contributed by atoms with Gasteiger partial charge in [-0.15, -0.1) is 0 Å². The molecule has 0 aromatic carbocycles. The van der Waals surface area contributed by atoms with Gasteiger partial charge in [-0.05, 0) is 37.8 Å². The Balaban J connectivity index is 1.34. The Kier molecular flexibility index (Phi) is 4.21. The molecule has 7 heteroatoms. The van der Waals surface area contributed by atoms with E-state index >= 15 is 0 Å². The lowest BCUT2D eigenvalue weighted by molar-refractivity contribution is 0.0844. The number of hydrazine groups is 1. The Morgan fingerprint density at radius 2 is 1.92 bits per heavy atom. The number of aromatic nitrogens is 3. The van der Waals surface area contributed by atoms with Gasteiger partial charge in [-0.25, -0.2) is 4.98 Å². The molecule has 0 radical (unpaired) electrons. The Morgan fingerprint density at radius 1 is 1.08 bits per heavy atom. The first-order valence-electron chi connectivity index (χ1n) is 8.83. The molecule has 1 fully saturated rings. The van der Waals surface area contributed by atoms with Gasteiger partial charge in [0.2, 0.25) is 0 Å². The Hall–Kier alpha value is -2.70. The summed E-state index contributed by atoms with van der Waals surface area (Å²) in [6.45, 7) is 0.890. The molecular weight excluding hydrogens is 318 g/mol. The number of nitrogens with zero attached hydrogens (tertiary/aromatic N) is 3. The number of rotatable bonds is 3. The summed E-state index contributed by atoms with van der Waals surface area (Å²) in [6, 6.07) is 3.64. The fraction of sp³-hybridized carbons (Fsp3) is 0.444. The van der Waals surface area contributed by atoms with Crippen LogP contribution in [0.15, 0.2) is 24.5 Å². The lowest BCUT2D eigenvalue weighted by atomic mass is 9.82. The molecule has 2 amide bonds. The molecule has 2 aliphatic rings. The Morgan fingerprint density at radius 3 is 2.60 bits per heavy atom. The summed E-state index contributed by atoms with van der Waals surface area (Å²) in [5, 5.41) is 0. The van der Waals surface area contributed by atoms with Gasteiger partial charge in [0, 0.05) is 37.0 Å². The molecule has 7 nitrogen and oxygen atoms in total. The number of aryl methyl sites for hydroxylation is 2. The van der Waals surface area contributed by atoms with Crippen molar-refractivity contribution < 1.29 is 9.59 Å². The molecule has 0 atom stereocenters. The van der Waals surface area contributed by atoms with Crippen LogP contribution in [0.2, 0.25) is 0 Å². The quantitative estimate of drug-likeness (QED) is 0.837. The number of pyridine rings is 1. The van der Waals surface area contributed by atoms with Crippen molar-refractivity contribution in [3.8, 4) is 0 Å². The van der Waals surface area contributed by atoms with Gasteiger partial charge in [0.15, 0.2) is 0 Å². The average molecular weight is 339 g/mol. The van der Waals surface area contributed by atoms with Crippen LogP contribution in [0.1, 0.15) is 70.4 Å². The number of hydrogen-bond acceptors (Lipinski definition) is 4. The molecule has 0 unspecified atom stereocenters. The van der Waals surface area contributed by atoms with Crippen LogP contribution in [-0.4, -0.2) is 26.3 Å². The molecule has 0 bridgehead atoms. The van der Waals surface area contributed by atoms with Crippen LogP contribution in [0, 0.1) is 0 Å². The van der Waals surface area contributed by atoms with Crippen molar-refractivity contribution in [2.45, 2.75) is 51.0 Å². The second-order valence-corrected chi connectivity index (χ2v) is 6.70. The number of carbonyl (C=O) groups excluding carboxylic acids is 2. The maximum Gasteiger partial charge on any atom is 0.289 e. The molecule has 4 rings (SSSR count). The maximum absolute atomic E-state index is 12.2. The van der Waals surface area contributed by atoms with E-state index in [1.54, 1.807) is 18.5 Å². The van der Waals surface area contributed by atoms with Crippen molar-refractivity contribution in [1.29, 1.82) is 0 Å². The lowest BCUT2D eigenvalue weighted by Gasteiger charge is -2.24. The van der Waals surface area contributed by atoms with E-state index in [4.69, 9.17) is 0 Å². The molecule has 1 aliphatic carbocycles. The highest BCUT2D eigenvalue weighted by Gasteiger charge is 2.21. The Labute approximate surface area is 145 Å². The minimum atomic E-state index is -0.408. The standard InChI is InChI=1S/C18H21N5O2/c24-17(13-7-8-14(19-10-13)12-4-3-5-12)21-22-18(25)15-11-23-9-2-1-6-16(23)20-15/h7-8,10-12H,1-6,9H2,(H,21,24)(H,22,25). The van der Waals surface area contributed by atoms with Gasteiger partial charge in [0.1, 0.15) is 11.5 Å². The van der Waals surface area contributed by atoms with Crippen molar-refractivity contribution in [2.75, 3.05) is 0 Å². The first kappa shape index (κ1) is 15.8. The van der Waals surface area contributed by atoms with E-state index < -0.39 is 5.91 Å². The third-order valence-corrected chi connectivity index (χ3v) is 5.00. The van der Waals surface area contributed by atoms with E-state index in [9.17, 15) is 9.59 Å². The van der Waals surface area contributed by atoms with Crippen LogP contribution < -0.4 is 10.9 Å². The summed E-state index contributed by atoms with van der Waals surface area (Å²) in [7, 11) is 0. The second kappa shape index (κ2) is 6.66. The zero-order chi connectivity index (χ0) is 17.2. The molecule has 0 saturated heterocycles. The van der Waals surface area contributed by atoms with Crippen molar-refractivity contribution >= 4 is 11.8 Å². The largest absolute Gasteiger partial charge is 0.334 e. The van der Waals surface area contributed by atoms with Gasteiger partial charge < -0.3 is 4.57 Å². The topological polar surface area (TPSA) is 88.9 Å². The van der Waals surface area contributed by atoms with Gasteiger partial charge >= 0.3 is 0 Å². The van der Waals surface area contributed by atoms with Gasteiger partial charge in [-0.3, -0.25) is 25.4 Å². The van der Waals surface area contributed by atoms with Crippen molar-refractivity contribution in [3.05, 3.63) is 47.3 Å². The molecule has 2 aromatic rings. The average Bonchev–Trinajstić information content (AvgIpc) is 3.03. The fourth-order valence-corrected chi connectivity index (χ4v) is 3.26. The van der Waals surface area contributed by atoms with Crippen LogP contribution in [0.4, 0.5) is 0 Å². The molecule has 2 aromatic heterocycles. The highest BCUT2D eigenvalue weighted by atomic mass is 16.2. The van der Waals surface area contributed by atoms with Crippen LogP contribution in [-0.2, 0) is 13.0 Å². The summed E-state index contributed by atoms with van der Waals surface area (Å²) in [5.41, 5.74) is 6.64. The highest BCUT2D eigenvalue weighted by molar-refractivity contribution is 5.98. The number of amides is 2. The van der Waals surface area contributed by atoms with Gasteiger partial charge in [0.25, 0.3) is 11.8 Å². The monoisotopic (exact) mass is 339 g/mol. The van der Waals surface area contributed by atoms with Crippen molar-refractivity contribution in [1.82, 2.24) is 25.4 Å². The lowest BCUT2D eigenvalue weighted by Crippen LogP contribution is -2.41. The van der Waals surface area contributed by atoms with E-state index in [0.717, 1.165) is 37.3 Å². The van der Waals surface area contributed by atoms with E-state index in [1.807, 2.05) is 10.6 Å². The number of imidazole rings is 1. The molecule has 2 N–H and O–H groups in total. The number of fused-ring (bicyclic) bond motifs is 1. The normalized spacial score (nSPS) is 16.6. The fourth-order valence-electron chi connectivity index (χ4n) is 3.26. The van der Waals surface area contributed by atoms with Gasteiger partial charge in [0.05, 0.1) is 5.56 Å². The molecule has 1 aliphatic heterocycles. The van der Waals surface area contributed by atoms with Crippen LogP contribution in [0.25, 0.3) is 0 Å². The minimum absolute atomic E-state index is 0.329. The number of nitrogens with one attached hydrogen (secondary N) is 2. The maximum atomic E-state index is 12.2. The molecule has 1 saturated carbocycles. The van der Waals surface area contributed by atoms with E-state index in [2.05, 4.69) is 20.8 Å². The molecule has 3 heterocycles. The molecule has 130 valence electrons. The molecular formula is C18H21N5O2. The minimum Gasteiger partial charge on any atom is -0.334 e. The van der Waals surface area contributed by atoms with E-state index in [-0.39, 0.29) is 5.91 Å². The smallest absolute Gasteiger partial charge is 0.289 e. The summed E-state index contributed by atoms with van der Waals surface area (Å²) in [4.78, 5) is 33.0.